The molecule has 3 N–H and O–H groups in total. The van der Waals surface area contributed by atoms with Crippen molar-refractivity contribution in [3.63, 3.8) is 0 Å². The Kier molecular flexibility index (Phi) is 5.19. The Bertz CT molecular complexity index is 1090. The predicted molar refractivity (Wildman–Crippen MR) is 101 cm³/mol. The van der Waals surface area contributed by atoms with E-state index in [0.29, 0.717) is 15.8 Å². The summed E-state index contributed by atoms with van der Waals surface area (Å²) < 4.78 is 41.2. The lowest BCUT2D eigenvalue weighted by Crippen LogP contribution is -2.25. The minimum Gasteiger partial charge on any atom is -0.365 e. The molecule has 0 bridgehead atoms. The normalized spacial score (nSPS) is 12.9. The van der Waals surface area contributed by atoms with Gasteiger partial charge < -0.3 is 11.1 Å². The number of rotatable bonds is 4. The van der Waals surface area contributed by atoms with Gasteiger partial charge in [0, 0.05) is 11.6 Å². The van der Waals surface area contributed by atoms with E-state index in [-0.39, 0.29) is 26.3 Å². The molecule has 0 aliphatic carbocycles. The van der Waals surface area contributed by atoms with E-state index >= 15 is 0 Å². The van der Waals surface area contributed by atoms with Crippen LogP contribution in [0.1, 0.15) is 33.9 Å². The summed E-state index contributed by atoms with van der Waals surface area (Å²) in [6, 6.07) is 0.119. The minimum absolute atomic E-state index is 0.0362. The van der Waals surface area contributed by atoms with Crippen LogP contribution in [0.15, 0.2) is 22.9 Å². The number of amides is 2. The van der Waals surface area contributed by atoms with Crippen LogP contribution in [0.25, 0.3) is 10.2 Å². The Balaban J connectivity index is 2.07. The number of hydrogen-bond donors (Lipinski definition) is 2. The van der Waals surface area contributed by atoms with Gasteiger partial charge in [0.25, 0.3) is 5.91 Å². The lowest BCUT2D eigenvalue weighted by Gasteiger charge is -2.14. The number of pyridine rings is 1. The summed E-state index contributed by atoms with van der Waals surface area (Å²) in [5, 5.41) is 6.86. The highest BCUT2D eigenvalue weighted by molar-refractivity contribution is 9.10. The zero-order valence-corrected chi connectivity index (χ0v) is 16.9. The SMILES string of the molecule is Cc1cc(C(F)(F)F)nc2sc(C(N)=O)c(NC(=O)C(C)n3cc(Br)cn3)c12. The molecule has 3 aromatic heterocycles. The molecule has 0 spiro atoms. The second-order valence-corrected chi connectivity index (χ2v) is 7.89. The maximum Gasteiger partial charge on any atom is 0.433 e. The maximum absolute atomic E-state index is 13.0. The Morgan fingerprint density at radius 1 is 1.39 bits per heavy atom. The van der Waals surface area contributed by atoms with Crippen LogP contribution in [-0.4, -0.2) is 26.6 Å². The van der Waals surface area contributed by atoms with Crippen molar-refractivity contribution in [1.29, 1.82) is 0 Å². The van der Waals surface area contributed by atoms with Crippen LogP contribution in [0.4, 0.5) is 18.9 Å². The summed E-state index contributed by atoms with van der Waals surface area (Å²) >= 11 is 3.93. The number of aromatic nitrogens is 3. The minimum atomic E-state index is -4.64. The fourth-order valence-electron chi connectivity index (χ4n) is 2.60. The average molecular weight is 476 g/mol. The van der Waals surface area contributed by atoms with Gasteiger partial charge in [-0.2, -0.15) is 18.3 Å². The van der Waals surface area contributed by atoms with E-state index in [0.717, 1.165) is 6.07 Å². The van der Waals surface area contributed by atoms with E-state index in [2.05, 4.69) is 31.3 Å². The highest BCUT2D eigenvalue weighted by atomic mass is 79.9. The van der Waals surface area contributed by atoms with Gasteiger partial charge in [-0.25, -0.2) is 4.98 Å². The molecule has 3 rings (SSSR count). The van der Waals surface area contributed by atoms with Gasteiger partial charge in [-0.1, -0.05) is 0 Å². The molecule has 1 unspecified atom stereocenters. The first kappa shape index (κ1) is 20.3. The van der Waals surface area contributed by atoms with Crippen molar-refractivity contribution in [2.75, 3.05) is 5.32 Å². The molecular formula is C16H13BrF3N5O2S. The lowest BCUT2D eigenvalue weighted by molar-refractivity contribution is -0.141. The topological polar surface area (TPSA) is 103 Å². The predicted octanol–water partition coefficient (Wildman–Crippen LogP) is 3.88. The number of nitrogens with one attached hydrogen (secondary N) is 1. The zero-order valence-electron chi connectivity index (χ0n) is 14.5. The molecule has 0 saturated heterocycles. The van der Waals surface area contributed by atoms with Gasteiger partial charge in [0.2, 0.25) is 5.91 Å². The standard InChI is InChI=1S/C16H13BrF3N5O2S/c1-6-3-9(16(18,19)20)23-15-10(6)11(12(28-15)13(21)26)24-14(27)7(2)25-5-8(17)4-22-25/h3-5,7H,1-2H3,(H2,21,26)(H,24,27). The number of primary amides is 1. The van der Waals surface area contributed by atoms with Gasteiger partial charge in [0.1, 0.15) is 21.4 Å². The van der Waals surface area contributed by atoms with Crippen LogP contribution >= 0.6 is 27.3 Å². The number of nitrogens with zero attached hydrogens (tertiary/aromatic N) is 3. The van der Waals surface area contributed by atoms with E-state index in [4.69, 9.17) is 5.73 Å². The lowest BCUT2D eigenvalue weighted by atomic mass is 10.1. The number of thiophene rings is 1. The van der Waals surface area contributed by atoms with Crippen molar-refractivity contribution in [3.05, 3.63) is 39.1 Å². The molecule has 28 heavy (non-hydrogen) atoms. The summed E-state index contributed by atoms with van der Waals surface area (Å²) in [6.07, 6.45) is -1.54. The van der Waals surface area contributed by atoms with Crippen molar-refractivity contribution < 1.29 is 22.8 Å². The first-order valence-corrected chi connectivity index (χ1v) is 9.41. The zero-order chi connectivity index (χ0) is 20.8. The Morgan fingerprint density at radius 3 is 2.61 bits per heavy atom. The van der Waals surface area contributed by atoms with E-state index in [1.807, 2.05) is 0 Å². The highest BCUT2D eigenvalue weighted by Crippen LogP contribution is 2.40. The molecule has 0 saturated carbocycles. The van der Waals surface area contributed by atoms with Gasteiger partial charge in [-0.05, 0) is 41.4 Å². The molecule has 148 valence electrons. The quantitative estimate of drug-likeness (QED) is 0.597. The highest BCUT2D eigenvalue weighted by Gasteiger charge is 2.34. The molecule has 0 aliphatic rings. The third-order valence-electron chi connectivity index (χ3n) is 3.97. The number of alkyl halides is 3. The second-order valence-electron chi connectivity index (χ2n) is 5.98. The number of halogens is 4. The molecule has 2 amide bonds. The number of hydrogen-bond acceptors (Lipinski definition) is 5. The van der Waals surface area contributed by atoms with Gasteiger partial charge in [0.15, 0.2) is 0 Å². The fraction of sp³-hybridized carbons (Fsp3) is 0.250. The third kappa shape index (κ3) is 3.74. The molecule has 3 heterocycles. The van der Waals surface area contributed by atoms with Crippen molar-refractivity contribution in [3.8, 4) is 0 Å². The summed E-state index contributed by atoms with van der Waals surface area (Å²) in [7, 11) is 0. The number of fused-ring (bicyclic) bond motifs is 1. The van der Waals surface area contributed by atoms with Crippen molar-refractivity contribution in [1.82, 2.24) is 14.8 Å². The number of carbonyl (C=O) groups excluding carboxylic acids is 2. The molecular weight excluding hydrogens is 463 g/mol. The number of anilines is 1. The molecule has 3 aromatic rings. The Labute approximate surface area is 168 Å². The van der Waals surface area contributed by atoms with Gasteiger partial charge >= 0.3 is 6.18 Å². The van der Waals surface area contributed by atoms with Gasteiger partial charge in [-0.3, -0.25) is 14.3 Å². The molecule has 12 heteroatoms. The van der Waals surface area contributed by atoms with Crippen LogP contribution in [0, 0.1) is 6.92 Å². The maximum atomic E-state index is 13.0. The van der Waals surface area contributed by atoms with E-state index in [9.17, 15) is 22.8 Å². The Hall–Kier alpha value is -2.47. The summed E-state index contributed by atoms with van der Waals surface area (Å²) in [5.74, 6) is -1.39. The van der Waals surface area contributed by atoms with E-state index < -0.39 is 29.7 Å². The van der Waals surface area contributed by atoms with E-state index in [1.54, 1.807) is 13.1 Å². The average Bonchev–Trinajstić information content (AvgIpc) is 3.17. The molecule has 0 aromatic carbocycles. The molecule has 7 nitrogen and oxygen atoms in total. The van der Waals surface area contributed by atoms with Crippen LogP contribution in [0.3, 0.4) is 0 Å². The summed E-state index contributed by atoms with van der Waals surface area (Å²) in [4.78, 5) is 27.9. The summed E-state index contributed by atoms with van der Waals surface area (Å²) in [5.41, 5.74) is 4.55. The summed E-state index contributed by atoms with van der Waals surface area (Å²) in [6.45, 7) is 3.03. The fourth-order valence-corrected chi connectivity index (χ4v) is 3.95. The van der Waals surface area contributed by atoms with Crippen molar-refractivity contribution in [2.24, 2.45) is 5.73 Å². The molecule has 0 radical (unpaired) electrons. The van der Waals surface area contributed by atoms with Gasteiger partial charge in [0.05, 0.1) is 16.4 Å². The number of nitrogens with two attached hydrogens (primary N) is 1. The van der Waals surface area contributed by atoms with Crippen LogP contribution in [0.5, 0.6) is 0 Å². The first-order chi connectivity index (χ1) is 13.0. The largest absolute Gasteiger partial charge is 0.433 e. The first-order valence-electron chi connectivity index (χ1n) is 7.80. The molecule has 0 aliphatic heterocycles. The van der Waals surface area contributed by atoms with Gasteiger partial charge in [-0.15, -0.1) is 11.3 Å². The van der Waals surface area contributed by atoms with Crippen molar-refractivity contribution in [2.45, 2.75) is 26.1 Å². The van der Waals surface area contributed by atoms with Crippen LogP contribution in [0.2, 0.25) is 0 Å². The smallest absolute Gasteiger partial charge is 0.365 e. The molecule has 0 fully saturated rings. The second kappa shape index (κ2) is 7.17. The Morgan fingerprint density at radius 2 is 2.07 bits per heavy atom. The third-order valence-corrected chi connectivity index (χ3v) is 5.48. The van der Waals surface area contributed by atoms with E-state index in [1.165, 1.54) is 17.8 Å². The number of carbonyl (C=O) groups is 2. The number of aryl methyl sites for hydroxylation is 1. The monoisotopic (exact) mass is 475 g/mol. The van der Waals surface area contributed by atoms with Crippen LogP contribution in [-0.2, 0) is 11.0 Å². The van der Waals surface area contributed by atoms with Crippen molar-refractivity contribution >= 4 is 55.0 Å². The van der Waals surface area contributed by atoms with Crippen LogP contribution < -0.4 is 11.1 Å². The molecule has 1 atom stereocenters.